The minimum absolute atomic E-state index is 0.0798. The third kappa shape index (κ3) is 3.75. The van der Waals surface area contributed by atoms with Crippen LogP contribution in [0.25, 0.3) is 52.7 Å². The van der Waals surface area contributed by atoms with E-state index >= 15 is 0 Å². The fourth-order valence-corrected chi connectivity index (χ4v) is 5.90. The van der Waals surface area contributed by atoms with Crippen molar-refractivity contribution in [3.63, 3.8) is 0 Å². The number of rotatable bonds is 4. The average molecular weight is 480 g/mol. The summed E-state index contributed by atoms with van der Waals surface area (Å²) in [5, 5.41) is 12.8. The molecule has 0 unspecified atom stereocenters. The summed E-state index contributed by atoms with van der Waals surface area (Å²) in [5.41, 5.74) is 7.52. The molecular weight excluding hydrogens is 462 g/mol. The lowest BCUT2D eigenvalue weighted by Gasteiger charge is -2.01. The first-order chi connectivity index (χ1) is 16.5. The van der Waals surface area contributed by atoms with Crippen LogP contribution in [0.4, 0.5) is 5.69 Å². The molecular formula is C27H17N3O2S2. The molecule has 5 nitrogen and oxygen atoms in total. The van der Waals surface area contributed by atoms with Crippen molar-refractivity contribution in [3.05, 3.63) is 101 Å². The number of fused-ring (bicyclic) bond motifs is 2. The van der Waals surface area contributed by atoms with Crippen LogP contribution in [-0.4, -0.2) is 14.9 Å². The molecule has 0 amide bonds. The standard InChI is InChI=1S/C27H17N3O2S2/c1-16-2-4-17(5-3-16)26-28-22-12-8-19(14-24(22)33-26)20-9-13-23-25(15-20)34-27(29-23)18-6-10-21(11-7-18)30(31)32/h2-15H,1H3. The Kier molecular flexibility index (Phi) is 4.94. The normalized spacial score (nSPS) is 11.3. The summed E-state index contributed by atoms with van der Waals surface area (Å²) >= 11 is 3.29. The number of benzene rings is 4. The minimum Gasteiger partial charge on any atom is -0.258 e. The second kappa shape index (κ2) is 8.13. The number of nitro benzene ring substituents is 1. The Morgan fingerprint density at radius 2 is 1.09 bits per heavy atom. The fraction of sp³-hybridized carbons (Fsp3) is 0.0370. The molecule has 0 aliphatic carbocycles. The van der Waals surface area contributed by atoms with Crippen LogP contribution in [0.15, 0.2) is 84.9 Å². The van der Waals surface area contributed by atoms with Gasteiger partial charge in [-0.3, -0.25) is 10.1 Å². The summed E-state index contributed by atoms with van der Waals surface area (Å²) in [5.74, 6) is 0. The van der Waals surface area contributed by atoms with Crippen LogP contribution in [0.5, 0.6) is 0 Å². The summed E-state index contributed by atoms with van der Waals surface area (Å²) in [4.78, 5) is 20.1. The van der Waals surface area contributed by atoms with E-state index in [1.807, 2.05) is 6.07 Å². The average Bonchev–Trinajstić information content (AvgIpc) is 3.48. The van der Waals surface area contributed by atoms with Gasteiger partial charge in [0.15, 0.2) is 0 Å². The van der Waals surface area contributed by atoms with E-state index < -0.39 is 4.92 Å². The van der Waals surface area contributed by atoms with E-state index in [0.29, 0.717) is 0 Å². The molecule has 0 bridgehead atoms. The number of nitro groups is 1. The van der Waals surface area contributed by atoms with Crippen molar-refractivity contribution >= 4 is 48.8 Å². The topological polar surface area (TPSA) is 68.9 Å². The van der Waals surface area contributed by atoms with Crippen LogP contribution < -0.4 is 0 Å². The number of nitrogens with zero attached hydrogens (tertiary/aromatic N) is 3. The molecule has 0 aliphatic rings. The van der Waals surface area contributed by atoms with Gasteiger partial charge < -0.3 is 0 Å². The van der Waals surface area contributed by atoms with Crippen LogP contribution in [-0.2, 0) is 0 Å². The zero-order valence-electron chi connectivity index (χ0n) is 18.1. The fourth-order valence-electron chi connectivity index (χ4n) is 3.88. The highest BCUT2D eigenvalue weighted by Crippen LogP contribution is 2.36. The SMILES string of the molecule is Cc1ccc(-c2nc3ccc(-c4ccc5nc(-c6ccc([N+](=O)[O-])cc6)sc5c4)cc3s2)cc1. The molecule has 0 aliphatic heterocycles. The number of hydrogen-bond acceptors (Lipinski definition) is 6. The highest BCUT2D eigenvalue weighted by atomic mass is 32.1. The van der Waals surface area contributed by atoms with E-state index in [4.69, 9.17) is 9.97 Å². The smallest absolute Gasteiger partial charge is 0.258 e. The predicted octanol–water partition coefficient (Wildman–Crippen LogP) is 8.12. The first-order valence-corrected chi connectivity index (χ1v) is 12.3. The molecule has 6 aromatic rings. The predicted molar refractivity (Wildman–Crippen MR) is 140 cm³/mol. The van der Waals surface area contributed by atoms with E-state index in [1.54, 1.807) is 34.8 Å². The van der Waals surface area contributed by atoms with Crippen molar-refractivity contribution in [3.8, 4) is 32.3 Å². The van der Waals surface area contributed by atoms with Crippen LogP contribution in [0.2, 0.25) is 0 Å². The van der Waals surface area contributed by atoms with E-state index in [2.05, 4.69) is 61.5 Å². The molecule has 164 valence electrons. The lowest BCUT2D eigenvalue weighted by molar-refractivity contribution is -0.384. The molecule has 0 N–H and O–H groups in total. The van der Waals surface area contributed by atoms with Crippen molar-refractivity contribution < 1.29 is 4.92 Å². The van der Waals surface area contributed by atoms with E-state index in [-0.39, 0.29) is 5.69 Å². The zero-order chi connectivity index (χ0) is 23.2. The Balaban J connectivity index is 1.34. The maximum Gasteiger partial charge on any atom is 0.269 e. The third-order valence-electron chi connectivity index (χ3n) is 5.73. The van der Waals surface area contributed by atoms with Crippen LogP contribution in [0, 0.1) is 17.0 Å². The number of aryl methyl sites for hydroxylation is 1. The van der Waals surface area contributed by atoms with Crippen molar-refractivity contribution in [1.82, 2.24) is 9.97 Å². The third-order valence-corrected chi connectivity index (χ3v) is 7.87. The molecule has 0 saturated heterocycles. The van der Waals surface area contributed by atoms with Gasteiger partial charge >= 0.3 is 0 Å². The summed E-state index contributed by atoms with van der Waals surface area (Å²) in [6, 6.07) is 27.7. The molecule has 34 heavy (non-hydrogen) atoms. The second-order valence-electron chi connectivity index (χ2n) is 8.07. The molecule has 0 radical (unpaired) electrons. The number of thiazole rings is 2. The molecule has 0 fully saturated rings. The zero-order valence-corrected chi connectivity index (χ0v) is 19.7. The van der Waals surface area contributed by atoms with E-state index in [9.17, 15) is 10.1 Å². The van der Waals surface area contributed by atoms with Gasteiger partial charge in [-0.1, -0.05) is 42.0 Å². The maximum absolute atomic E-state index is 10.9. The van der Waals surface area contributed by atoms with Crippen LogP contribution in [0.1, 0.15) is 5.56 Å². The molecule has 0 spiro atoms. The Morgan fingerprint density at radius 1 is 0.647 bits per heavy atom. The monoisotopic (exact) mass is 479 g/mol. The molecule has 6 rings (SSSR count). The quantitative estimate of drug-likeness (QED) is 0.189. The van der Waals surface area contributed by atoms with Gasteiger partial charge in [0.1, 0.15) is 10.0 Å². The summed E-state index contributed by atoms with van der Waals surface area (Å²) in [6.45, 7) is 2.09. The largest absolute Gasteiger partial charge is 0.269 e. The van der Waals surface area contributed by atoms with Gasteiger partial charge in [0.25, 0.3) is 5.69 Å². The van der Waals surface area contributed by atoms with E-state index in [0.717, 1.165) is 52.7 Å². The highest BCUT2D eigenvalue weighted by molar-refractivity contribution is 7.22. The molecule has 7 heteroatoms. The highest BCUT2D eigenvalue weighted by Gasteiger charge is 2.12. The van der Waals surface area contributed by atoms with Crippen molar-refractivity contribution in [2.24, 2.45) is 0 Å². The van der Waals surface area contributed by atoms with Gasteiger partial charge in [0, 0.05) is 23.3 Å². The summed E-state index contributed by atoms with van der Waals surface area (Å²) in [6.07, 6.45) is 0. The van der Waals surface area contributed by atoms with Crippen molar-refractivity contribution in [1.29, 1.82) is 0 Å². The van der Waals surface area contributed by atoms with Gasteiger partial charge in [-0.15, -0.1) is 22.7 Å². The minimum atomic E-state index is -0.391. The van der Waals surface area contributed by atoms with Crippen LogP contribution in [0.3, 0.4) is 0 Å². The molecule has 2 aromatic heterocycles. The second-order valence-corrected chi connectivity index (χ2v) is 10.1. The Hall–Kier alpha value is -3.94. The van der Waals surface area contributed by atoms with Crippen molar-refractivity contribution in [2.75, 3.05) is 0 Å². The van der Waals surface area contributed by atoms with Gasteiger partial charge in [0.2, 0.25) is 0 Å². The number of hydrogen-bond donors (Lipinski definition) is 0. The van der Waals surface area contributed by atoms with Gasteiger partial charge in [-0.2, -0.15) is 0 Å². The van der Waals surface area contributed by atoms with Gasteiger partial charge in [-0.25, -0.2) is 9.97 Å². The van der Waals surface area contributed by atoms with Crippen molar-refractivity contribution in [2.45, 2.75) is 6.92 Å². The van der Waals surface area contributed by atoms with E-state index in [1.165, 1.54) is 17.7 Å². The molecule has 0 saturated carbocycles. The molecule has 0 atom stereocenters. The number of non-ortho nitro benzene ring substituents is 1. The summed E-state index contributed by atoms with van der Waals surface area (Å²) < 4.78 is 2.24. The number of aromatic nitrogens is 2. The first-order valence-electron chi connectivity index (χ1n) is 10.7. The molecule has 2 heterocycles. The maximum atomic E-state index is 10.9. The lowest BCUT2D eigenvalue weighted by Crippen LogP contribution is -1.86. The van der Waals surface area contributed by atoms with Gasteiger partial charge in [0.05, 0.1) is 25.4 Å². The first kappa shape index (κ1) is 20.7. The van der Waals surface area contributed by atoms with Gasteiger partial charge in [-0.05, 0) is 54.4 Å². The van der Waals surface area contributed by atoms with Crippen LogP contribution >= 0.6 is 22.7 Å². The molecule has 4 aromatic carbocycles. The lowest BCUT2D eigenvalue weighted by atomic mass is 10.1. The Morgan fingerprint density at radius 3 is 1.56 bits per heavy atom. The Labute approximate surface area is 203 Å². The Bertz CT molecular complexity index is 1680. The summed E-state index contributed by atoms with van der Waals surface area (Å²) in [7, 11) is 0.